The van der Waals surface area contributed by atoms with Crippen molar-refractivity contribution >= 4 is 16.6 Å². The summed E-state index contributed by atoms with van der Waals surface area (Å²) in [5, 5.41) is 8.65. The highest BCUT2D eigenvalue weighted by molar-refractivity contribution is 5.88. The summed E-state index contributed by atoms with van der Waals surface area (Å²) in [6.45, 7) is 13.0. The second-order valence-electron chi connectivity index (χ2n) is 10.3. The summed E-state index contributed by atoms with van der Waals surface area (Å²) in [6, 6.07) is 16.6. The second-order valence-corrected chi connectivity index (χ2v) is 10.3. The number of rotatable bonds is 7. The first-order chi connectivity index (χ1) is 16.7. The Labute approximate surface area is 204 Å². The van der Waals surface area contributed by atoms with E-state index >= 15 is 0 Å². The van der Waals surface area contributed by atoms with Crippen molar-refractivity contribution in [3.63, 3.8) is 0 Å². The van der Waals surface area contributed by atoms with Gasteiger partial charge in [-0.2, -0.15) is 0 Å². The Bertz CT molecular complexity index is 1140. The Morgan fingerprint density at radius 1 is 1.06 bits per heavy atom. The van der Waals surface area contributed by atoms with E-state index in [-0.39, 0.29) is 0 Å². The van der Waals surface area contributed by atoms with Gasteiger partial charge in [0.15, 0.2) is 5.69 Å². The number of aromatic nitrogens is 1. The van der Waals surface area contributed by atoms with Gasteiger partial charge < -0.3 is 15.2 Å². The zero-order valence-corrected chi connectivity index (χ0v) is 20.5. The van der Waals surface area contributed by atoms with E-state index < -0.39 is 0 Å². The van der Waals surface area contributed by atoms with Gasteiger partial charge in [-0.3, -0.25) is 0 Å². The van der Waals surface area contributed by atoms with E-state index in [4.69, 9.17) is 6.57 Å². The summed E-state index contributed by atoms with van der Waals surface area (Å²) in [6.07, 6.45) is 12.4. The van der Waals surface area contributed by atoms with Crippen LogP contribution in [0.15, 0.2) is 48.7 Å². The van der Waals surface area contributed by atoms with Crippen LogP contribution in [0.1, 0.15) is 80.0 Å². The minimum atomic E-state index is 0.347. The number of fused-ring (bicyclic) bond motifs is 1. The summed E-state index contributed by atoms with van der Waals surface area (Å²) >= 11 is 0. The Hall–Kier alpha value is -2.61. The lowest BCUT2D eigenvalue weighted by atomic mass is 9.87. The van der Waals surface area contributed by atoms with E-state index in [1.165, 1.54) is 72.5 Å². The highest BCUT2D eigenvalue weighted by Crippen LogP contribution is 2.40. The van der Waals surface area contributed by atoms with Gasteiger partial charge >= 0.3 is 0 Å². The molecule has 2 N–H and O–H groups in total. The number of aryl methyl sites for hydroxylation is 1. The third-order valence-electron chi connectivity index (χ3n) is 7.97. The molecule has 1 saturated heterocycles. The van der Waals surface area contributed by atoms with Gasteiger partial charge in [-0.25, -0.2) is 4.85 Å². The number of hydrogen-bond acceptors (Lipinski definition) is 2. The fourth-order valence-electron chi connectivity index (χ4n) is 6.12. The van der Waals surface area contributed by atoms with Crippen LogP contribution in [0.2, 0.25) is 0 Å². The minimum Gasteiger partial charge on any atom is -0.345 e. The lowest BCUT2D eigenvalue weighted by Gasteiger charge is -2.26. The SMILES string of the molecule is [C-]#[N+]c1ccc2c(C(CCNC3CCNCC3)c3cccc(C)c3)cn(C3CCCCC3)c2c1. The molecule has 2 aliphatic rings. The molecule has 1 saturated carbocycles. The molecule has 1 aliphatic heterocycles. The van der Waals surface area contributed by atoms with Crippen molar-refractivity contribution in [1.82, 2.24) is 15.2 Å². The van der Waals surface area contributed by atoms with Gasteiger partial charge in [-0.05, 0) is 75.9 Å². The zero-order chi connectivity index (χ0) is 23.3. The molecular formula is C30H38N4. The van der Waals surface area contributed by atoms with Crippen LogP contribution in [-0.2, 0) is 0 Å². The molecule has 178 valence electrons. The van der Waals surface area contributed by atoms with Crippen LogP contribution in [0.5, 0.6) is 0 Å². The van der Waals surface area contributed by atoms with Crippen LogP contribution >= 0.6 is 0 Å². The molecule has 2 heterocycles. The maximum Gasteiger partial charge on any atom is 0.189 e. The molecule has 0 radical (unpaired) electrons. The first-order valence-electron chi connectivity index (χ1n) is 13.3. The molecule has 5 rings (SSSR count). The number of nitrogens with one attached hydrogen (secondary N) is 2. The quantitative estimate of drug-likeness (QED) is 0.382. The fourth-order valence-corrected chi connectivity index (χ4v) is 6.12. The Balaban J connectivity index is 1.52. The van der Waals surface area contributed by atoms with E-state index in [9.17, 15) is 0 Å². The molecule has 1 aromatic heterocycles. The van der Waals surface area contributed by atoms with Crippen LogP contribution in [0.3, 0.4) is 0 Å². The van der Waals surface area contributed by atoms with Gasteiger partial charge in [0.2, 0.25) is 0 Å². The molecule has 0 amide bonds. The van der Waals surface area contributed by atoms with Gasteiger partial charge in [0, 0.05) is 35.1 Å². The van der Waals surface area contributed by atoms with Gasteiger partial charge in [0.05, 0.1) is 6.57 Å². The van der Waals surface area contributed by atoms with Crippen molar-refractivity contribution in [2.45, 2.75) is 76.3 Å². The van der Waals surface area contributed by atoms with Crippen LogP contribution < -0.4 is 10.6 Å². The van der Waals surface area contributed by atoms with Gasteiger partial charge in [0.1, 0.15) is 0 Å². The van der Waals surface area contributed by atoms with Crippen molar-refractivity contribution < 1.29 is 0 Å². The molecule has 0 spiro atoms. The van der Waals surface area contributed by atoms with Crippen LogP contribution in [0, 0.1) is 13.5 Å². The highest BCUT2D eigenvalue weighted by Gasteiger charge is 2.24. The van der Waals surface area contributed by atoms with E-state index in [1.54, 1.807) is 0 Å². The van der Waals surface area contributed by atoms with Gasteiger partial charge in [-0.1, -0.05) is 61.2 Å². The van der Waals surface area contributed by atoms with Crippen molar-refractivity contribution in [2.24, 2.45) is 0 Å². The van der Waals surface area contributed by atoms with Crippen molar-refractivity contribution in [2.75, 3.05) is 19.6 Å². The summed E-state index contributed by atoms with van der Waals surface area (Å²) in [7, 11) is 0. The number of benzene rings is 2. The van der Waals surface area contributed by atoms with Crippen molar-refractivity contribution in [3.8, 4) is 0 Å². The molecule has 2 aromatic carbocycles. The Morgan fingerprint density at radius 3 is 2.65 bits per heavy atom. The summed E-state index contributed by atoms with van der Waals surface area (Å²) in [5.41, 5.74) is 6.15. The molecule has 4 heteroatoms. The molecule has 34 heavy (non-hydrogen) atoms. The molecule has 0 bridgehead atoms. The van der Waals surface area contributed by atoms with E-state index in [2.05, 4.69) is 69.6 Å². The van der Waals surface area contributed by atoms with Gasteiger partial charge in [-0.15, -0.1) is 0 Å². The monoisotopic (exact) mass is 454 g/mol. The largest absolute Gasteiger partial charge is 0.345 e. The average molecular weight is 455 g/mol. The minimum absolute atomic E-state index is 0.347. The van der Waals surface area contributed by atoms with Gasteiger partial charge in [0.25, 0.3) is 0 Å². The molecular weight excluding hydrogens is 416 g/mol. The van der Waals surface area contributed by atoms with Crippen molar-refractivity contribution in [3.05, 3.63) is 76.8 Å². The van der Waals surface area contributed by atoms with E-state index in [0.29, 0.717) is 18.0 Å². The molecule has 1 atom stereocenters. The van der Waals surface area contributed by atoms with Crippen LogP contribution in [0.25, 0.3) is 15.7 Å². The number of hydrogen-bond donors (Lipinski definition) is 2. The Kier molecular flexibility index (Phi) is 7.33. The summed E-state index contributed by atoms with van der Waals surface area (Å²) in [4.78, 5) is 3.75. The molecule has 1 unspecified atom stereocenters. The third-order valence-corrected chi connectivity index (χ3v) is 7.97. The summed E-state index contributed by atoms with van der Waals surface area (Å²) < 4.78 is 2.53. The average Bonchev–Trinajstić information content (AvgIpc) is 3.26. The first kappa shape index (κ1) is 23.1. The standard InChI is InChI=1S/C30H38N4/c1-22-7-6-8-23(19-22)27(15-18-33-24-13-16-32-17-14-24)29-21-34(26-9-4-3-5-10-26)30-20-25(31-2)11-12-28(29)30/h6-8,11-12,19-21,24,26-27,32-33H,3-5,9-10,13-18H2,1H3. The topological polar surface area (TPSA) is 33.4 Å². The number of piperidine rings is 1. The fraction of sp³-hybridized carbons (Fsp3) is 0.500. The summed E-state index contributed by atoms with van der Waals surface area (Å²) in [5.74, 6) is 0.347. The normalized spacial score (nSPS) is 18.7. The third kappa shape index (κ3) is 5.06. The predicted molar refractivity (Wildman–Crippen MR) is 142 cm³/mol. The molecule has 3 aromatic rings. The lowest BCUT2D eigenvalue weighted by molar-refractivity contribution is 0.360. The number of nitrogens with zero attached hydrogens (tertiary/aromatic N) is 2. The smallest absolute Gasteiger partial charge is 0.189 e. The highest BCUT2D eigenvalue weighted by atomic mass is 15.0. The van der Waals surface area contributed by atoms with Crippen molar-refractivity contribution in [1.29, 1.82) is 0 Å². The van der Waals surface area contributed by atoms with E-state index in [0.717, 1.165) is 31.7 Å². The molecule has 2 fully saturated rings. The molecule has 1 aliphatic carbocycles. The van der Waals surface area contributed by atoms with Crippen LogP contribution in [-0.4, -0.2) is 30.2 Å². The maximum atomic E-state index is 7.57. The molecule has 4 nitrogen and oxygen atoms in total. The first-order valence-corrected chi connectivity index (χ1v) is 13.3. The van der Waals surface area contributed by atoms with Crippen LogP contribution in [0.4, 0.5) is 5.69 Å². The van der Waals surface area contributed by atoms with E-state index in [1.807, 2.05) is 6.07 Å². The zero-order valence-electron chi connectivity index (χ0n) is 20.5. The lowest BCUT2D eigenvalue weighted by Crippen LogP contribution is -2.40. The predicted octanol–water partition coefficient (Wildman–Crippen LogP) is 6.87. The second kappa shape index (κ2) is 10.8. The maximum absolute atomic E-state index is 7.57. The Morgan fingerprint density at radius 2 is 1.88 bits per heavy atom.